The summed E-state index contributed by atoms with van der Waals surface area (Å²) in [5, 5.41) is 12.5. The average Bonchev–Trinajstić information content (AvgIpc) is 2.76. The normalized spacial score (nSPS) is 20.4. The van der Waals surface area contributed by atoms with Crippen molar-refractivity contribution in [3.05, 3.63) is 28.2 Å². The summed E-state index contributed by atoms with van der Waals surface area (Å²) in [5.74, 6) is 0.0235. The van der Waals surface area contributed by atoms with Gasteiger partial charge in [-0.15, -0.1) is 0 Å². The van der Waals surface area contributed by atoms with Gasteiger partial charge in [-0.3, -0.25) is 4.79 Å². The van der Waals surface area contributed by atoms with Crippen molar-refractivity contribution in [2.75, 3.05) is 18.0 Å². The lowest BCUT2D eigenvalue weighted by atomic mass is 10.1. The minimum atomic E-state index is -0.462. The molecule has 0 spiro atoms. The van der Waals surface area contributed by atoms with Crippen LogP contribution in [0.25, 0.3) is 0 Å². The number of carbonyl (C=O) groups excluding carboxylic acids is 1. The molecule has 0 radical (unpaired) electrons. The van der Waals surface area contributed by atoms with Crippen LogP contribution in [0.1, 0.15) is 31.9 Å². The SMILES string of the molecule is CC(=O)NC1CCN(c2ccc([C@@H](C)O)cc2Br)C1. The minimum absolute atomic E-state index is 0.0235. The summed E-state index contributed by atoms with van der Waals surface area (Å²) in [5.41, 5.74) is 2.01. The van der Waals surface area contributed by atoms with Crippen LogP contribution >= 0.6 is 15.9 Å². The Labute approximate surface area is 121 Å². The Morgan fingerprint density at radius 2 is 2.32 bits per heavy atom. The Hall–Kier alpha value is -1.07. The quantitative estimate of drug-likeness (QED) is 0.895. The molecule has 1 aromatic rings. The van der Waals surface area contributed by atoms with Gasteiger partial charge in [0.15, 0.2) is 0 Å². The van der Waals surface area contributed by atoms with Crippen LogP contribution in [0.3, 0.4) is 0 Å². The van der Waals surface area contributed by atoms with E-state index in [9.17, 15) is 9.90 Å². The first-order chi connectivity index (χ1) is 8.97. The van der Waals surface area contributed by atoms with Gasteiger partial charge in [0.2, 0.25) is 5.91 Å². The summed E-state index contributed by atoms with van der Waals surface area (Å²) < 4.78 is 0.981. The third-order valence-corrected chi connectivity index (χ3v) is 4.03. The number of carbonyl (C=O) groups is 1. The van der Waals surface area contributed by atoms with E-state index in [2.05, 4.69) is 26.1 Å². The number of rotatable bonds is 3. The molecule has 104 valence electrons. The topological polar surface area (TPSA) is 52.6 Å². The van der Waals surface area contributed by atoms with Crippen molar-refractivity contribution in [1.82, 2.24) is 5.32 Å². The Bertz CT molecular complexity index is 477. The highest BCUT2D eigenvalue weighted by Crippen LogP contribution is 2.31. The van der Waals surface area contributed by atoms with Gasteiger partial charge in [0.1, 0.15) is 0 Å². The van der Waals surface area contributed by atoms with Crippen molar-refractivity contribution in [2.24, 2.45) is 0 Å². The molecule has 5 heteroatoms. The molecule has 0 aromatic heterocycles. The molecule has 1 aliphatic heterocycles. The summed E-state index contributed by atoms with van der Waals surface area (Å²) >= 11 is 3.56. The Morgan fingerprint density at radius 3 is 2.89 bits per heavy atom. The van der Waals surface area contributed by atoms with Crippen molar-refractivity contribution in [3.8, 4) is 0 Å². The van der Waals surface area contributed by atoms with Gasteiger partial charge in [-0.2, -0.15) is 0 Å². The molecule has 1 unspecified atom stereocenters. The molecule has 1 aliphatic rings. The number of nitrogens with zero attached hydrogens (tertiary/aromatic N) is 1. The Morgan fingerprint density at radius 1 is 1.58 bits per heavy atom. The maximum absolute atomic E-state index is 11.1. The van der Waals surface area contributed by atoms with Gasteiger partial charge < -0.3 is 15.3 Å². The summed E-state index contributed by atoms with van der Waals surface area (Å²) in [6.07, 6.45) is 0.500. The third kappa shape index (κ3) is 3.48. The fourth-order valence-corrected chi connectivity index (χ4v) is 3.07. The van der Waals surface area contributed by atoms with E-state index < -0.39 is 6.10 Å². The van der Waals surface area contributed by atoms with E-state index in [1.54, 1.807) is 13.8 Å². The maximum atomic E-state index is 11.1. The first-order valence-electron chi connectivity index (χ1n) is 6.47. The van der Waals surface area contributed by atoms with Crippen LogP contribution in [0.4, 0.5) is 5.69 Å². The molecule has 1 fully saturated rings. The molecule has 1 saturated heterocycles. The summed E-state index contributed by atoms with van der Waals surface area (Å²) in [6.45, 7) is 5.06. The minimum Gasteiger partial charge on any atom is -0.389 e. The number of halogens is 1. The number of aliphatic hydroxyl groups excluding tert-OH is 1. The monoisotopic (exact) mass is 326 g/mol. The summed E-state index contributed by atoms with van der Waals surface area (Å²) in [7, 11) is 0. The molecule has 4 nitrogen and oxygen atoms in total. The molecule has 2 N–H and O–H groups in total. The van der Waals surface area contributed by atoms with Crippen LogP contribution in [-0.4, -0.2) is 30.1 Å². The highest BCUT2D eigenvalue weighted by Gasteiger charge is 2.24. The zero-order chi connectivity index (χ0) is 14.0. The van der Waals surface area contributed by atoms with Crippen LogP contribution < -0.4 is 10.2 Å². The zero-order valence-corrected chi connectivity index (χ0v) is 12.8. The van der Waals surface area contributed by atoms with E-state index >= 15 is 0 Å². The van der Waals surface area contributed by atoms with Crippen molar-refractivity contribution in [2.45, 2.75) is 32.4 Å². The second kappa shape index (κ2) is 5.92. The van der Waals surface area contributed by atoms with E-state index in [-0.39, 0.29) is 11.9 Å². The van der Waals surface area contributed by atoms with Crippen molar-refractivity contribution < 1.29 is 9.90 Å². The molecule has 0 aliphatic carbocycles. The van der Waals surface area contributed by atoms with E-state index in [4.69, 9.17) is 0 Å². The molecular formula is C14H19BrN2O2. The highest BCUT2D eigenvalue weighted by molar-refractivity contribution is 9.10. The number of hydrogen-bond donors (Lipinski definition) is 2. The van der Waals surface area contributed by atoms with Gasteiger partial charge in [-0.05, 0) is 47.0 Å². The number of nitrogens with one attached hydrogen (secondary N) is 1. The standard InChI is InChI=1S/C14H19BrN2O2/c1-9(18)11-3-4-14(13(15)7-11)17-6-5-12(8-17)16-10(2)19/h3-4,7,9,12,18H,5-6,8H2,1-2H3,(H,16,19)/t9-,12?/m1/s1. The van der Waals surface area contributed by atoms with Gasteiger partial charge in [0.05, 0.1) is 11.8 Å². The number of anilines is 1. The molecule has 1 aromatic carbocycles. The van der Waals surface area contributed by atoms with Gasteiger partial charge >= 0.3 is 0 Å². The lowest BCUT2D eigenvalue weighted by Crippen LogP contribution is -2.35. The van der Waals surface area contributed by atoms with Crippen LogP contribution in [0.15, 0.2) is 22.7 Å². The smallest absolute Gasteiger partial charge is 0.217 e. The van der Waals surface area contributed by atoms with Gasteiger partial charge in [-0.1, -0.05) is 6.07 Å². The van der Waals surface area contributed by atoms with Crippen molar-refractivity contribution in [1.29, 1.82) is 0 Å². The lowest BCUT2D eigenvalue weighted by molar-refractivity contribution is -0.119. The summed E-state index contributed by atoms with van der Waals surface area (Å²) in [4.78, 5) is 13.3. The first kappa shape index (κ1) is 14.3. The van der Waals surface area contributed by atoms with E-state index in [0.717, 1.165) is 35.2 Å². The van der Waals surface area contributed by atoms with Crippen LogP contribution in [0, 0.1) is 0 Å². The fourth-order valence-electron chi connectivity index (χ4n) is 2.42. The number of hydrogen-bond acceptors (Lipinski definition) is 3. The molecule has 2 rings (SSSR count). The zero-order valence-electron chi connectivity index (χ0n) is 11.2. The van der Waals surface area contributed by atoms with Gasteiger partial charge in [-0.25, -0.2) is 0 Å². The average molecular weight is 327 g/mol. The summed E-state index contributed by atoms with van der Waals surface area (Å²) in [6, 6.07) is 6.13. The third-order valence-electron chi connectivity index (χ3n) is 3.39. The van der Waals surface area contributed by atoms with Crippen LogP contribution in [-0.2, 0) is 4.79 Å². The van der Waals surface area contributed by atoms with Crippen molar-refractivity contribution in [3.63, 3.8) is 0 Å². The number of amides is 1. The molecule has 0 bridgehead atoms. The molecule has 0 saturated carbocycles. The Kier molecular flexibility index (Phi) is 4.47. The van der Waals surface area contributed by atoms with Crippen molar-refractivity contribution >= 4 is 27.5 Å². The molecule has 2 atom stereocenters. The largest absolute Gasteiger partial charge is 0.389 e. The predicted octanol–water partition coefficient (Wildman–Crippen LogP) is 2.22. The predicted molar refractivity (Wildman–Crippen MR) is 79.2 cm³/mol. The van der Waals surface area contributed by atoms with Gasteiger partial charge in [0.25, 0.3) is 0 Å². The van der Waals surface area contributed by atoms with E-state index in [1.807, 2.05) is 18.2 Å². The second-order valence-electron chi connectivity index (χ2n) is 5.02. The highest BCUT2D eigenvalue weighted by atomic mass is 79.9. The maximum Gasteiger partial charge on any atom is 0.217 e. The lowest BCUT2D eigenvalue weighted by Gasteiger charge is -2.21. The Balaban J connectivity index is 2.09. The first-order valence-corrected chi connectivity index (χ1v) is 7.26. The molecule has 19 heavy (non-hydrogen) atoms. The van der Waals surface area contributed by atoms with Crippen LogP contribution in [0.5, 0.6) is 0 Å². The van der Waals surface area contributed by atoms with Crippen LogP contribution in [0.2, 0.25) is 0 Å². The second-order valence-corrected chi connectivity index (χ2v) is 5.87. The number of benzene rings is 1. The fraction of sp³-hybridized carbons (Fsp3) is 0.500. The molecule has 1 amide bonds. The molecular weight excluding hydrogens is 308 g/mol. The molecule has 1 heterocycles. The van der Waals surface area contributed by atoms with Gasteiger partial charge in [0, 0.05) is 30.5 Å². The number of aliphatic hydroxyl groups is 1. The van der Waals surface area contributed by atoms with E-state index in [1.165, 1.54) is 0 Å². The van der Waals surface area contributed by atoms with E-state index in [0.29, 0.717) is 0 Å².